The molecule has 4 nitrogen and oxygen atoms in total. The molecule has 21 heavy (non-hydrogen) atoms. The molecule has 3 saturated heterocycles. The van der Waals surface area contributed by atoms with Gasteiger partial charge in [-0.05, 0) is 50.5 Å². The predicted octanol–water partition coefficient (Wildman–Crippen LogP) is 1.89. The maximum atomic E-state index is 12.3. The number of carbonyl (C=O) groups excluding carboxylic acids is 1. The lowest BCUT2D eigenvalue weighted by Gasteiger charge is -2.39. The molecule has 0 aromatic carbocycles. The molecular formula is C16H28N2O2S. The zero-order valence-corrected chi connectivity index (χ0v) is 13.8. The van der Waals surface area contributed by atoms with Crippen molar-refractivity contribution < 1.29 is 9.53 Å². The summed E-state index contributed by atoms with van der Waals surface area (Å²) in [7, 11) is 0. The number of rotatable bonds is 4. The monoisotopic (exact) mass is 312 g/mol. The second-order valence-electron chi connectivity index (χ2n) is 6.81. The first-order valence-corrected chi connectivity index (χ1v) is 9.61. The van der Waals surface area contributed by atoms with Crippen molar-refractivity contribution in [3.05, 3.63) is 0 Å². The molecule has 3 rings (SSSR count). The van der Waals surface area contributed by atoms with E-state index in [4.69, 9.17) is 4.74 Å². The van der Waals surface area contributed by atoms with Gasteiger partial charge in [-0.15, -0.1) is 11.8 Å². The maximum Gasteiger partial charge on any atom is 0.232 e. The highest BCUT2D eigenvalue weighted by atomic mass is 32.2. The van der Waals surface area contributed by atoms with E-state index in [1.807, 2.05) is 0 Å². The van der Waals surface area contributed by atoms with Crippen LogP contribution in [0.25, 0.3) is 0 Å². The molecule has 0 saturated carbocycles. The van der Waals surface area contributed by atoms with Crippen LogP contribution in [0.4, 0.5) is 0 Å². The highest BCUT2D eigenvalue weighted by Crippen LogP contribution is 2.37. The minimum atomic E-state index is 0.330. The summed E-state index contributed by atoms with van der Waals surface area (Å²) in [6, 6.07) is 0. The van der Waals surface area contributed by atoms with Crippen molar-refractivity contribution in [3.8, 4) is 0 Å². The first kappa shape index (κ1) is 15.6. The van der Waals surface area contributed by atoms with E-state index in [9.17, 15) is 4.79 Å². The quantitative estimate of drug-likeness (QED) is 0.861. The summed E-state index contributed by atoms with van der Waals surface area (Å²) in [6.45, 7) is 5.14. The number of nitrogens with zero attached hydrogens (tertiary/aromatic N) is 1. The molecule has 0 radical (unpaired) electrons. The molecule has 0 aliphatic carbocycles. The first-order valence-electron chi connectivity index (χ1n) is 8.45. The SMILES string of the molecule is O=C(CSCC1CCCCO1)N1CCC2(CCNC2)CC1. The summed E-state index contributed by atoms with van der Waals surface area (Å²) < 4.78 is 5.72. The molecule has 1 spiro atoms. The third kappa shape index (κ3) is 4.14. The molecule has 0 aromatic rings. The number of carbonyl (C=O) groups is 1. The van der Waals surface area contributed by atoms with E-state index in [0.717, 1.165) is 38.5 Å². The van der Waals surface area contributed by atoms with Crippen molar-refractivity contribution in [2.24, 2.45) is 5.41 Å². The Morgan fingerprint density at radius 3 is 2.81 bits per heavy atom. The molecule has 0 aromatic heterocycles. The molecule has 3 aliphatic rings. The summed E-state index contributed by atoms with van der Waals surface area (Å²) in [5.74, 6) is 1.94. The molecule has 0 bridgehead atoms. The van der Waals surface area contributed by atoms with Gasteiger partial charge in [-0.1, -0.05) is 0 Å². The van der Waals surface area contributed by atoms with Crippen LogP contribution in [0.5, 0.6) is 0 Å². The van der Waals surface area contributed by atoms with Gasteiger partial charge in [0.05, 0.1) is 11.9 Å². The van der Waals surface area contributed by atoms with Crippen LogP contribution in [0.2, 0.25) is 0 Å². The second-order valence-corrected chi connectivity index (χ2v) is 7.84. The van der Waals surface area contributed by atoms with Crippen LogP contribution in [0.3, 0.4) is 0 Å². The predicted molar refractivity (Wildman–Crippen MR) is 86.6 cm³/mol. The standard InChI is InChI=1S/C16H28N2O2S/c19-15(12-21-11-14-3-1-2-10-20-14)18-8-5-16(6-9-18)4-7-17-13-16/h14,17H,1-13H2. The zero-order valence-electron chi connectivity index (χ0n) is 12.9. The van der Waals surface area contributed by atoms with Crippen molar-refractivity contribution in [3.63, 3.8) is 0 Å². The molecule has 5 heteroatoms. The fraction of sp³-hybridized carbons (Fsp3) is 0.938. The van der Waals surface area contributed by atoms with Crippen molar-refractivity contribution >= 4 is 17.7 Å². The number of likely N-dealkylation sites (tertiary alicyclic amines) is 1. The van der Waals surface area contributed by atoms with Crippen molar-refractivity contribution in [2.45, 2.75) is 44.6 Å². The maximum absolute atomic E-state index is 12.3. The number of thioether (sulfide) groups is 1. The molecule has 3 heterocycles. The zero-order chi connectivity index (χ0) is 14.5. The molecule has 1 amide bonds. The van der Waals surface area contributed by atoms with Crippen LogP contribution < -0.4 is 5.32 Å². The van der Waals surface area contributed by atoms with Crippen molar-refractivity contribution in [1.82, 2.24) is 10.2 Å². The van der Waals surface area contributed by atoms with E-state index in [1.54, 1.807) is 11.8 Å². The Labute approximate surface area is 132 Å². The number of piperidine rings is 1. The molecule has 1 N–H and O–H groups in total. The van der Waals surface area contributed by atoms with Crippen LogP contribution in [0, 0.1) is 5.41 Å². The van der Waals surface area contributed by atoms with Gasteiger partial charge < -0.3 is 15.0 Å². The molecule has 1 atom stereocenters. The average Bonchev–Trinajstić information content (AvgIpc) is 2.97. The summed E-state index contributed by atoms with van der Waals surface area (Å²) in [6.07, 6.45) is 7.69. The fourth-order valence-electron chi connectivity index (χ4n) is 3.76. The van der Waals surface area contributed by atoms with Crippen LogP contribution in [0.1, 0.15) is 38.5 Å². The van der Waals surface area contributed by atoms with E-state index in [1.165, 1.54) is 38.5 Å². The normalized spacial score (nSPS) is 29.0. The number of ether oxygens (including phenoxy) is 1. The molecule has 3 aliphatic heterocycles. The van der Waals surface area contributed by atoms with Gasteiger partial charge in [-0.2, -0.15) is 0 Å². The van der Waals surface area contributed by atoms with Gasteiger partial charge in [0.2, 0.25) is 5.91 Å². The highest BCUT2D eigenvalue weighted by molar-refractivity contribution is 7.99. The Balaban J connectivity index is 1.34. The third-order valence-corrected chi connectivity index (χ3v) is 6.37. The minimum absolute atomic E-state index is 0.330. The Morgan fingerprint density at radius 2 is 2.14 bits per heavy atom. The van der Waals surface area contributed by atoms with E-state index in [-0.39, 0.29) is 0 Å². The van der Waals surface area contributed by atoms with Crippen LogP contribution in [-0.2, 0) is 9.53 Å². The fourth-order valence-corrected chi connectivity index (χ4v) is 4.76. The average molecular weight is 312 g/mol. The topological polar surface area (TPSA) is 41.6 Å². The van der Waals surface area contributed by atoms with Gasteiger partial charge >= 0.3 is 0 Å². The van der Waals surface area contributed by atoms with Gasteiger partial charge in [-0.3, -0.25) is 4.79 Å². The van der Waals surface area contributed by atoms with Gasteiger partial charge in [0.25, 0.3) is 0 Å². The van der Waals surface area contributed by atoms with E-state index in [0.29, 0.717) is 23.2 Å². The van der Waals surface area contributed by atoms with Gasteiger partial charge in [-0.25, -0.2) is 0 Å². The van der Waals surface area contributed by atoms with E-state index in [2.05, 4.69) is 10.2 Å². The van der Waals surface area contributed by atoms with Gasteiger partial charge in [0.15, 0.2) is 0 Å². The first-order chi connectivity index (χ1) is 10.3. The Morgan fingerprint density at radius 1 is 1.29 bits per heavy atom. The molecule has 120 valence electrons. The summed E-state index contributed by atoms with van der Waals surface area (Å²) in [5, 5.41) is 3.48. The summed E-state index contributed by atoms with van der Waals surface area (Å²) in [4.78, 5) is 14.4. The largest absolute Gasteiger partial charge is 0.377 e. The lowest BCUT2D eigenvalue weighted by molar-refractivity contribution is -0.130. The highest BCUT2D eigenvalue weighted by Gasteiger charge is 2.37. The minimum Gasteiger partial charge on any atom is -0.377 e. The summed E-state index contributed by atoms with van der Waals surface area (Å²) in [5.41, 5.74) is 0.500. The van der Waals surface area contributed by atoms with Crippen LogP contribution in [0.15, 0.2) is 0 Å². The molecular weight excluding hydrogens is 284 g/mol. The third-order valence-electron chi connectivity index (χ3n) is 5.31. The van der Waals surface area contributed by atoms with Crippen molar-refractivity contribution in [1.29, 1.82) is 0 Å². The number of amides is 1. The number of hydrogen-bond donors (Lipinski definition) is 1. The van der Waals surface area contributed by atoms with Crippen LogP contribution in [-0.4, -0.2) is 61.2 Å². The lowest BCUT2D eigenvalue weighted by Crippen LogP contribution is -2.44. The Bertz CT molecular complexity index is 342. The van der Waals surface area contributed by atoms with Gasteiger partial charge in [0, 0.05) is 32.0 Å². The summed E-state index contributed by atoms with van der Waals surface area (Å²) >= 11 is 1.76. The Kier molecular flexibility index (Phi) is 5.46. The Hall–Kier alpha value is -0.260. The van der Waals surface area contributed by atoms with E-state index >= 15 is 0 Å². The molecule has 1 unspecified atom stereocenters. The second kappa shape index (κ2) is 7.34. The number of hydrogen-bond acceptors (Lipinski definition) is 4. The van der Waals surface area contributed by atoms with Gasteiger partial charge in [0.1, 0.15) is 0 Å². The lowest BCUT2D eigenvalue weighted by atomic mass is 9.78. The number of nitrogens with one attached hydrogen (secondary N) is 1. The smallest absolute Gasteiger partial charge is 0.232 e. The van der Waals surface area contributed by atoms with Crippen LogP contribution >= 0.6 is 11.8 Å². The van der Waals surface area contributed by atoms with E-state index < -0.39 is 0 Å². The molecule has 3 fully saturated rings. The van der Waals surface area contributed by atoms with Crippen molar-refractivity contribution in [2.75, 3.05) is 44.3 Å².